The first-order valence-corrected chi connectivity index (χ1v) is 16.7. The van der Waals surface area contributed by atoms with Crippen LogP contribution in [-0.2, 0) is 23.8 Å². The summed E-state index contributed by atoms with van der Waals surface area (Å²) in [5.74, 6) is -0.161. The minimum absolute atomic E-state index is 0.0466. The standard InChI is InChI=1S/C31H44N12O6S/c1-18(16-47-7)36-27-24(39-40-25-23(15-32)20(3)43(41-25)30-34-11-9-12-35-30)26(37-31(38-27)42(6)19(2)17-48-8)33-13-10-14-49-29(46)22(5)50-21(4)28(44)45/h9,11-12,18-19,21-22H,10,13-14,16-17H2,1-8H3,(H,44,45)(H2,33,36,37,38). The topological polar surface area (TPSA) is 227 Å². The number of nitrogens with one attached hydrogen (secondary N) is 2. The van der Waals surface area contributed by atoms with E-state index in [0.29, 0.717) is 49.5 Å². The van der Waals surface area contributed by atoms with Crippen molar-refractivity contribution in [2.75, 3.05) is 63.2 Å². The number of carboxylic acids is 1. The molecular weight excluding hydrogens is 668 g/mol. The third-order valence-corrected chi connectivity index (χ3v) is 8.41. The molecule has 3 heterocycles. The van der Waals surface area contributed by atoms with Crippen LogP contribution in [0.1, 0.15) is 45.4 Å². The van der Waals surface area contributed by atoms with Crippen molar-refractivity contribution in [2.24, 2.45) is 10.2 Å². The van der Waals surface area contributed by atoms with Crippen LogP contribution in [0.4, 0.5) is 29.1 Å². The van der Waals surface area contributed by atoms with Crippen molar-refractivity contribution >= 4 is 52.8 Å². The van der Waals surface area contributed by atoms with E-state index < -0.39 is 22.4 Å². The average molecular weight is 713 g/mol. The summed E-state index contributed by atoms with van der Waals surface area (Å²) < 4.78 is 17.5. The van der Waals surface area contributed by atoms with Gasteiger partial charge in [0.25, 0.3) is 5.95 Å². The van der Waals surface area contributed by atoms with Crippen LogP contribution in [0.5, 0.6) is 0 Å². The van der Waals surface area contributed by atoms with Gasteiger partial charge in [0.05, 0.1) is 31.6 Å². The molecule has 18 nitrogen and oxygen atoms in total. The highest BCUT2D eigenvalue weighted by molar-refractivity contribution is 8.01. The molecule has 3 aromatic rings. The van der Waals surface area contributed by atoms with Crippen molar-refractivity contribution in [1.29, 1.82) is 5.26 Å². The Labute approximate surface area is 295 Å². The average Bonchev–Trinajstić information content (AvgIpc) is 3.41. The summed E-state index contributed by atoms with van der Waals surface area (Å²) in [6, 6.07) is 3.53. The van der Waals surface area contributed by atoms with Crippen LogP contribution in [0, 0.1) is 18.3 Å². The van der Waals surface area contributed by atoms with Gasteiger partial charge in [0.15, 0.2) is 17.3 Å². The minimum Gasteiger partial charge on any atom is -0.480 e. The number of nitriles is 1. The second kappa shape index (κ2) is 19.3. The number of aliphatic carboxylic acids is 1. The van der Waals surface area contributed by atoms with Gasteiger partial charge in [-0.05, 0) is 47.1 Å². The van der Waals surface area contributed by atoms with Crippen molar-refractivity contribution in [3.8, 4) is 12.0 Å². The molecule has 0 saturated heterocycles. The van der Waals surface area contributed by atoms with Gasteiger partial charge in [0.1, 0.15) is 22.1 Å². The van der Waals surface area contributed by atoms with Gasteiger partial charge in [0.2, 0.25) is 11.8 Å². The fraction of sp³-hybridized carbons (Fsp3) is 0.548. The number of carbonyl (C=O) groups excluding carboxylic acids is 1. The van der Waals surface area contributed by atoms with E-state index in [1.54, 1.807) is 46.5 Å². The lowest BCUT2D eigenvalue weighted by Crippen LogP contribution is -2.34. The van der Waals surface area contributed by atoms with E-state index in [9.17, 15) is 14.9 Å². The lowest BCUT2D eigenvalue weighted by Gasteiger charge is -2.26. The number of esters is 1. The highest BCUT2D eigenvalue weighted by atomic mass is 32.2. The number of hydrogen-bond donors (Lipinski definition) is 3. The lowest BCUT2D eigenvalue weighted by molar-refractivity contribution is -0.142. The molecule has 3 aromatic heterocycles. The maximum absolute atomic E-state index is 12.4. The number of nitrogens with zero attached hydrogens (tertiary/aromatic N) is 10. The Morgan fingerprint density at radius 3 is 2.40 bits per heavy atom. The molecule has 3 N–H and O–H groups in total. The van der Waals surface area contributed by atoms with E-state index in [1.807, 2.05) is 25.8 Å². The summed E-state index contributed by atoms with van der Waals surface area (Å²) in [6.45, 7) is 9.90. The van der Waals surface area contributed by atoms with E-state index in [-0.39, 0.29) is 41.7 Å². The first-order chi connectivity index (χ1) is 23.9. The van der Waals surface area contributed by atoms with Crippen LogP contribution in [0.15, 0.2) is 28.7 Å². The van der Waals surface area contributed by atoms with Gasteiger partial charge in [-0.15, -0.1) is 27.1 Å². The van der Waals surface area contributed by atoms with Crippen LogP contribution in [0.2, 0.25) is 0 Å². The highest BCUT2D eigenvalue weighted by Crippen LogP contribution is 2.36. The summed E-state index contributed by atoms with van der Waals surface area (Å²) in [7, 11) is 5.05. The molecule has 50 heavy (non-hydrogen) atoms. The molecule has 0 aliphatic carbocycles. The Hall–Kier alpha value is -4.93. The van der Waals surface area contributed by atoms with Gasteiger partial charge in [-0.25, -0.2) is 9.97 Å². The molecule has 0 amide bonds. The van der Waals surface area contributed by atoms with Crippen LogP contribution >= 0.6 is 11.8 Å². The fourth-order valence-electron chi connectivity index (χ4n) is 4.36. The van der Waals surface area contributed by atoms with Crippen molar-refractivity contribution < 1.29 is 28.9 Å². The number of azo groups is 1. The number of methoxy groups -OCH3 is 2. The Morgan fingerprint density at radius 1 is 1.08 bits per heavy atom. The van der Waals surface area contributed by atoms with Crippen molar-refractivity contribution in [3.05, 3.63) is 29.7 Å². The molecule has 270 valence electrons. The smallest absolute Gasteiger partial charge is 0.318 e. The summed E-state index contributed by atoms with van der Waals surface area (Å²) in [5, 5.41) is 37.6. The number of carboxylic acid groups (broad SMARTS) is 1. The molecule has 0 bridgehead atoms. The Balaban J connectivity index is 1.98. The molecule has 0 aliphatic heterocycles. The molecule has 4 atom stereocenters. The number of anilines is 3. The van der Waals surface area contributed by atoms with Crippen molar-refractivity contribution in [1.82, 2.24) is 29.7 Å². The molecule has 0 aliphatic rings. The zero-order valence-electron chi connectivity index (χ0n) is 29.4. The number of thioether (sulfide) groups is 1. The second-order valence-electron chi connectivity index (χ2n) is 11.2. The van der Waals surface area contributed by atoms with Gasteiger partial charge in [-0.1, -0.05) is 0 Å². The van der Waals surface area contributed by atoms with E-state index in [2.05, 4.69) is 42.0 Å². The van der Waals surface area contributed by atoms with Gasteiger partial charge < -0.3 is 34.9 Å². The number of aromatic nitrogens is 6. The van der Waals surface area contributed by atoms with Gasteiger partial charge in [-0.3, -0.25) is 9.59 Å². The van der Waals surface area contributed by atoms with Crippen LogP contribution in [0.3, 0.4) is 0 Å². The number of carbonyl (C=O) groups is 2. The van der Waals surface area contributed by atoms with Crippen LogP contribution in [0.25, 0.3) is 5.95 Å². The van der Waals surface area contributed by atoms with E-state index >= 15 is 0 Å². The predicted molar refractivity (Wildman–Crippen MR) is 188 cm³/mol. The number of rotatable bonds is 20. The van der Waals surface area contributed by atoms with E-state index in [4.69, 9.17) is 29.3 Å². The Kier molecular flexibility index (Phi) is 15.3. The zero-order valence-corrected chi connectivity index (χ0v) is 30.3. The predicted octanol–water partition coefficient (Wildman–Crippen LogP) is 3.91. The molecule has 0 saturated carbocycles. The molecule has 0 fully saturated rings. The lowest BCUT2D eigenvalue weighted by atomic mass is 10.3. The molecule has 0 spiro atoms. The number of hydrogen-bond acceptors (Lipinski definition) is 17. The van der Waals surface area contributed by atoms with Crippen LogP contribution in [-0.4, -0.2) is 117 Å². The molecule has 4 unspecified atom stereocenters. The van der Waals surface area contributed by atoms with Crippen LogP contribution < -0.4 is 15.5 Å². The van der Waals surface area contributed by atoms with E-state index in [0.717, 1.165) is 11.8 Å². The zero-order chi connectivity index (χ0) is 36.8. The first-order valence-electron chi connectivity index (χ1n) is 15.8. The molecular formula is C31H44N12O6S. The molecule has 0 radical (unpaired) electrons. The van der Waals surface area contributed by atoms with Gasteiger partial charge in [-0.2, -0.15) is 19.9 Å². The summed E-state index contributed by atoms with van der Waals surface area (Å²) in [6.07, 6.45) is 3.53. The quantitative estimate of drug-likeness (QED) is 0.0857. The number of likely N-dealkylation sites (N-methyl/N-ethyl adjacent to an activating group) is 1. The molecule has 0 aromatic carbocycles. The Bertz CT molecular complexity index is 1650. The number of ether oxygens (including phenoxy) is 3. The van der Waals surface area contributed by atoms with Gasteiger partial charge >= 0.3 is 11.9 Å². The molecule has 3 rings (SSSR count). The minimum atomic E-state index is -0.999. The van der Waals surface area contributed by atoms with Crippen molar-refractivity contribution in [2.45, 2.75) is 63.6 Å². The fourth-order valence-corrected chi connectivity index (χ4v) is 5.27. The van der Waals surface area contributed by atoms with Gasteiger partial charge in [0, 0.05) is 46.2 Å². The highest BCUT2D eigenvalue weighted by Gasteiger charge is 2.24. The van der Waals surface area contributed by atoms with E-state index in [1.165, 1.54) is 11.6 Å². The normalized spacial score (nSPS) is 13.7. The Morgan fingerprint density at radius 2 is 1.76 bits per heavy atom. The van der Waals surface area contributed by atoms with Crippen molar-refractivity contribution in [3.63, 3.8) is 0 Å². The summed E-state index contributed by atoms with van der Waals surface area (Å²) >= 11 is 1.01. The molecule has 19 heteroatoms. The first kappa shape index (κ1) is 39.5. The SMILES string of the molecule is COCC(C)Nc1nc(N(C)C(C)COC)nc(NCCCOC(=O)C(C)SC(C)C(=O)O)c1N=Nc1nn(-c2ncccn2)c(C)c1C#N. The third kappa shape index (κ3) is 10.8. The maximum atomic E-state index is 12.4. The maximum Gasteiger partial charge on any atom is 0.318 e. The largest absolute Gasteiger partial charge is 0.480 e. The summed E-state index contributed by atoms with van der Waals surface area (Å²) in [5.41, 5.74) is 0.912. The summed E-state index contributed by atoms with van der Waals surface area (Å²) in [4.78, 5) is 43.5. The monoisotopic (exact) mass is 712 g/mol. The third-order valence-electron chi connectivity index (χ3n) is 7.20. The second-order valence-corrected chi connectivity index (χ2v) is 12.9.